The summed E-state index contributed by atoms with van der Waals surface area (Å²) in [5.41, 5.74) is 1.63. The highest BCUT2D eigenvalue weighted by molar-refractivity contribution is 9.10. The predicted molar refractivity (Wildman–Crippen MR) is 61.2 cm³/mol. The van der Waals surface area contributed by atoms with Crippen LogP contribution in [0.3, 0.4) is 0 Å². The SMILES string of the molecule is Oc1ccc(-c2cc(F)ccc2Br)cc1. The van der Waals surface area contributed by atoms with Crippen molar-refractivity contribution in [2.24, 2.45) is 0 Å². The van der Waals surface area contributed by atoms with Gasteiger partial charge in [-0.1, -0.05) is 28.1 Å². The number of aromatic hydroxyl groups is 1. The lowest BCUT2D eigenvalue weighted by Crippen LogP contribution is -1.82. The van der Waals surface area contributed by atoms with E-state index >= 15 is 0 Å². The van der Waals surface area contributed by atoms with Crippen molar-refractivity contribution in [1.82, 2.24) is 0 Å². The molecular formula is C12H8BrFO. The molecule has 0 atom stereocenters. The van der Waals surface area contributed by atoms with Gasteiger partial charge in [0, 0.05) is 4.47 Å². The summed E-state index contributed by atoms with van der Waals surface area (Å²) in [6, 6.07) is 11.2. The van der Waals surface area contributed by atoms with Gasteiger partial charge in [-0.2, -0.15) is 0 Å². The zero-order valence-electron chi connectivity index (χ0n) is 7.74. The zero-order valence-corrected chi connectivity index (χ0v) is 9.33. The molecule has 2 aromatic carbocycles. The van der Waals surface area contributed by atoms with Crippen LogP contribution < -0.4 is 0 Å². The maximum atomic E-state index is 13.0. The topological polar surface area (TPSA) is 20.2 Å². The summed E-state index contributed by atoms with van der Waals surface area (Å²) in [6.07, 6.45) is 0. The van der Waals surface area contributed by atoms with Gasteiger partial charge in [0.2, 0.25) is 0 Å². The molecule has 0 amide bonds. The molecule has 0 saturated heterocycles. The van der Waals surface area contributed by atoms with E-state index in [2.05, 4.69) is 15.9 Å². The molecule has 1 N–H and O–H groups in total. The minimum atomic E-state index is -0.277. The summed E-state index contributed by atoms with van der Waals surface area (Å²) in [6.45, 7) is 0. The standard InChI is InChI=1S/C12H8BrFO/c13-12-6-3-9(14)7-11(12)8-1-4-10(15)5-2-8/h1-7,15H. The number of phenols is 1. The molecule has 0 aliphatic rings. The molecule has 0 unspecified atom stereocenters. The number of halogens is 2. The molecule has 0 fully saturated rings. The molecule has 0 aliphatic carbocycles. The van der Waals surface area contributed by atoms with Crippen molar-refractivity contribution < 1.29 is 9.50 Å². The van der Waals surface area contributed by atoms with E-state index in [0.717, 1.165) is 15.6 Å². The van der Waals surface area contributed by atoms with E-state index in [9.17, 15) is 4.39 Å². The number of benzene rings is 2. The van der Waals surface area contributed by atoms with Crippen molar-refractivity contribution in [2.75, 3.05) is 0 Å². The molecule has 0 aliphatic heterocycles. The Hall–Kier alpha value is -1.35. The van der Waals surface area contributed by atoms with Crippen LogP contribution in [0.15, 0.2) is 46.9 Å². The number of rotatable bonds is 1. The fraction of sp³-hybridized carbons (Fsp3) is 0. The quantitative estimate of drug-likeness (QED) is 0.829. The third-order valence-corrected chi connectivity index (χ3v) is 2.80. The Labute approximate surface area is 95.3 Å². The predicted octanol–water partition coefficient (Wildman–Crippen LogP) is 3.96. The minimum Gasteiger partial charge on any atom is -0.508 e. The van der Waals surface area contributed by atoms with Crippen molar-refractivity contribution in [3.63, 3.8) is 0 Å². The van der Waals surface area contributed by atoms with Gasteiger partial charge < -0.3 is 5.11 Å². The summed E-state index contributed by atoms with van der Waals surface area (Å²) in [7, 11) is 0. The number of phenolic OH excluding ortho intramolecular Hbond substituents is 1. The average molecular weight is 267 g/mol. The van der Waals surface area contributed by atoms with Crippen LogP contribution in [0, 0.1) is 5.82 Å². The Morgan fingerprint density at radius 3 is 2.33 bits per heavy atom. The number of hydrogen-bond acceptors (Lipinski definition) is 1. The minimum absolute atomic E-state index is 0.200. The summed E-state index contributed by atoms with van der Waals surface area (Å²) in [4.78, 5) is 0. The van der Waals surface area contributed by atoms with Crippen LogP contribution in [0.4, 0.5) is 4.39 Å². The van der Waals surface area contributed by atoms with Crippen molar-refractivity contribution in [3.05, 3.63) is 52.8 Å². The van der Waals surface area contributed by atoms with Crippen LogP contribution in [0.2, 0.25) is 0 Å². The van der Waals surface area contributed by atoms with Crippen LogP contribution in [0.25, 0.3) is 11.1 Å². The first-order valence-corrected chi connectivity index (χ1v) is 5.20. The van der Waals surface area contributed by atoms with E-state index in [1.54, 1.807) is 30.3 Å². The van der Waals surface area contributed by atoms with Gasteiger partial charge in [-0.25, -0.2) is 4.39 Å². The average Bonchev–Trinajstić information content (AvgIpc) is 2.23. The maximum Gasteiger partial charge on any atom is 0.123 e. The second kappa shape index (κ2) is 4.03. The van der Waals surface area contributed by atoms with Crippen molar-refractivity contribution in [3.8, 4) is 16.9 Å². The fourth-order valence-corrected chi connectivity index (χ4v) is 1.84. The third kappa shape index (κ3) is 2.18. The Balaban J connectivity index is 2.53. The molecule has 0 bridgehead atoms. The molecule has 76 valence electrons. The van der Waals surface area contributed by atoms with E-state index in [-0.39, 0.29) is 11.6 Å². The van der Waals surface area contributed by atoms with Crippen LogP contribution in [0.1, 0.15) is 0 Å². The normalized spacial score (nSPS) is 10.3. The first-order chi connectivity index (χ1) is 7.16. The van der Waals surface area contributed by atoms with E-state index < -0.39 is 0 Å². The lowest BCUT2D eigenvalue weighted by atomic mass is 10.1. The highest BCUT2D eigenvalue weighted by Gasteiger charge is 2.04. The summed E-state index contributed by atoms with van der Waals surface area (Å²) < 4.78 is 13.9. The molecular weight excluding hydrogens is 259 g/mol. The van der Waals surface area contributed by atoms with E-state index in [4.69, 9.17) is 5.11 Å². The first-order valence-electron chi connectivity index (χ1n) is 4.41. The number of hydrogen-bond donors (Lipinski definition) is 1. The van der Waals surface area contributed by atoms with Crippen molar-refractivity contribution in [1.29, 1.82) is 0 Å². The van der Waals surface area contributed by atoms with Crippen molar-refractivity contribution in [2.45, 2.75) is 0 Å². The highest BCUT2D eigenvalue weighted by Crippen LogP contribution is 2.29. The van der Waals surface area contributed by atoms with Crippen LogP contribution in [-0.4, -0.2) is 5.11 Å². The van der Waals surface area contributed by atoms with Gasteiger partial charge in [-0.05, 0) is 41.5 Å². The Bertz CT molecular complexity index is 479. The molecule has 2 aromatic rings. The Kier molecular flexibility index (Phi) is 2.73. The van der Waals surface area contributed by atoms with Gasteiger partial charge >= 0.3 is 0 Å². The molecule has 1 nitrogen and oxygen atoms in total. The second-order valence-electron chi connectivity index (χ2n) is 3.17. The zero-order chi connectivity index (χ0) is 10.8. The molecule has 15 heavy (non-hydrogen) atoms. The molecule has 2 rings (SSSR count). The Morgan fingerprint density at radius 1 is 1.00 bits per heavy atom. The second-order valence-corrected chi connectivity index (χ2v) is 4.03. The fourth-order valence-electron chi connectivity index (χ4n) is 1.36. The van der Waals surface area contributed by atoms with E-state index in [1.807, 2.05) is 0 Å². The molecule has 0 heterocycles. The van der Waals surface area contributed by atoms with Crippen LogP contribution in [0.5, 0.6) is 5.75 Å². The first kappa shape index (κ1) is 10.2. The lowest BCUT2D eigenvalue weighted by molar-refractivity contribution is 0.475. The molecule has 0 radical (unpaired) electrons. The molecule has 0 spiro atoms. The summed E-state index contributed by atoms with van der Waals surface area (Å²) >= 11 is 3.36. The molecule has 0 saturated carbocycles. The summed E-state index contributed by atoms with van der Waals surface area (Å²) in [5, 5.41) is 9.14. The summed E-state index contributed by atoms with van der Waals surface area (Å²) in [5.74, 6) is -0.0763. The van der Waals surface area contributed by atoms with Gasteiger partial charge in [0.1, 0.15) is 11.6 Å². The smallest absolute Gasteiger partial charge is 0.123 e. The van der Waals surface area contributed by atoms with E-state index in [1.165, 1.54) is 12.1 Å². The Morgan fingerprint density at radius 2 is 1.67 bits per heavy atom. The van der Waals surface area contributed by atoms with Gasteiger partial charge in [-0.3, -0.25) is 0 Å². The van der Waals surface area contributed by atoms with Crippen molar-refractivity contribution >= 4 is 15.9 Å². The maximum absolute atomic E-state index is 13.0. The lowest BCUT2D eigenvalue weighted by Gasteiger charge is -2.04. The highest BCUT2D eigenvalue weighted by atomic mass is 79.9. The third-order valence-electron chi connectivity index (χ3n) is 2.11. The van der Waals surface area contributed by atoms with Gasteiger partial charge in [0.25, 0.3) is 0 Å². The van der Waals surface area contributed by atoms with Gasteiger partial charge in [0.05, 0.1) is 0 Å². The molecule has 0 aromatic heterocycles. The van der Waals surface area contributed by atoms with Gasteiger partial charge in [-0.15, -0.1) is 0 Å². The van der Waals surface area contributed by atoms with E-state index in [0.29, 0.717) is 0 Å². The van der Waals surface area contributed by atoms with Crippen LogP contribution >= 0.6 is 15.9 Å². The van der Waals surface area contributed by atoms with Crippen LogP contribution in [-0.2, 0) is 0 Å². The monoisotopic (exact) mass is 266 g/mol. The molecule has 3 heteroatoms. The van der Waals surface area contributed by atoms with Gasteiger partial charge in [0.15, 0.2) is 0 Å². The largest absolute Gasteiger partial charge is 0.508 e.